The molecule has 27 heavy (non-hydrogen) atoms. The van der Waals surface area contributed by atoms with Crippen molar-refractivity contribution in [3.8, 4) is 0 Å². The Balaban J connectivity index is 1.48. The number of ether oxygens (including phenoxy) is 1. The molecular weight excluding hydrogens is 338 g/mol. The van der Waals surface area contributed by atoms with Crippen molar-refractivity contribution < 1.29 is 9.53 Å². The zero-order valence-electron chi connectivity index (χ0n) is 16.9. The van der Waals surface area contributed by atoms with E-state index in [0.29, 0.717) is 6.10 Å². The van der Waals surface area contributed by atoms with E-state index in [1.165, 1.54) is 18.4 Å². The number of nitrogens with zero attached hydrogens (tertiary/aromatic N) is 2. The van der Waals surface area contributed by atoms with Crippen LogP contribution in [-0.4, -0.2) is 67.2 Å². The summed E-state index contributed by atoms with van der Waals surface area (Å²) in [6.45, 7) is 10.1. The van der Waals surface area contributed by atoms with Gasteiger partial charge in [-0.2, -0.15) is 0 Å². The highest BCUT2D eigenvalue weighted by molar-refractivity contribution is 5.81. The number of carbonyl (C=O) groups excluding carboxylic acids is 1. The van der Waals surface area contributed by atoms with Gasteiger partial charge >= 0.3 is 0 Å². The Morgan fingerprint density at radius 3 is 2.59 bits per heavy atom. The Bertz CT molecular complexity index is 566. The summed E-state index contributed by atoms with van der Waals surface area (Å²) in [5.74, 6) is 0.143. The Labute approximate surface area is 164 Å². The molecule has 0 aromatic heterocycles. The van der Waals surface area contributed by atoms with Crippen LogP contribution in [0.3, 0.4) is 0 Å². The minimum atomic E-state index is -0.0852. The predicted octanol–water partition coefficient (Wildman–Crippen LogP) is 2.83. The third-order valence-corrected chi connectivity index (χ3v) is 5.92. The van der Waals surface area contributed by atoms with Crippen molar-refractivity contribution in [2.75, 3.05) is 39.3 Å². The lowest BCUT2D eigenvalue weighted by Crippen LogP contribution is -2.55. The number of hydrogen-bond acceptors (Lipinski definition) is 4. The third-order valence-electron chi connectivity index (χ3n) is 5.92. The fourth-order valence-corrected chi connectivity index (χ4v) is 4.16. The number of piperazine rings is 1. The fourth-order valence-electron chi connectivity index (χ4n) is 4.16. The summed E-state index contributed by atoms with van der Waals surface area (Å²) in [4.78, 5) is 17.7. The van der Waals surface area contributed by atoms with E-state index in [4.69, 9.17) is 4.74 Å². The molecule has 2 fully saturated rings. The smallest absolute Gasteiger partial charge is 0.237 e. The van der Waals surface area contributed by atoms with Gasteiger partial charge in [-0.05, 0) is 31.7 Å². The maximum Gasteiger partial charge on any atom is 0.237 e. The van der Waals surface area contributed by atoms with Crippen LogP contribution in [0, 0.1) is 0 Å². The van der Waals surface area contributed by atoms with E-state index in [1.54, 1.807) is 0 Å². The summed E-state index contributed by atoms with van der Waals surface area (Å²) in [7, 11) is 0. The van der Waals surface area contributed by atoms with Crippen molar-refractivity contribution in [1.82, 2.24) is 15.1 Å². The van der Waals surface area contributed by atoms with Crippen LogP contribution in [0.25, 0.3) is 0 Å². The zero-order valence-corrected chi connectivity index (χ0v) is 16.9. The molecule has 3 rings (SSSR count). The van der Waals surface area contributed by atoms with Crippen molar-refractivity contribution in [3.63, 3.8) is 0 Å². The molecule has 1 N–H and O–H groups in total. The molecule has 0 saturated carbocycles. The van der Waals surface area contributed by atoms with Gasteiger partial charge in [0.25, 0.3) is 0 Å². The number of benzene rings is 1. The van der Waals surface area contributed by atoms with Crippen molar-refractivity contribution >= 4 is 5.91 Å². The minimum Gasteiger partial charge on any atom is -0.377 e. The Morgan fingerprint density at radius 1 is 1.22 bits per heavy atom. The number of hydrogen-bond donors (Lipinski definition) is 1. The molecule has 0 bridgehead atoms. The lowest BCUT2D eigenvalue weighted by atomic mass is 10.0. The fraction of sp³-hybridized carbons (Fsp3) is 0.682. The molecule has 0 radical (unpaired) electrons. The summed E-state index contributed by atoms with van der Waals surface area (Å²) >= 11 is 0. The highest BCUT2D eigenvalue weighted by atomic mass is 16.5. The minimum absolute atomic E-state index is 0.0852. The molecule has 2 aliphatic heterocycles. The maximum absolute atomic E-state index is 12.9. The summed E-state index contributed by atoms with van der Waals surface area (Å²) in [6.07, 6.45) is 4.82. The van der Waals surface area contributed by atoms with E-state index in [1.807, 2.05) is 25.1 Å². The summed E-state index contributed by atoms with van der Waals surface area (Å²) in [6, 6.07) is 10.3. The van der Waals surface area contributed by atoms with Gasteiger partial charge in [0, 0.05) is 39.3 Å². The van der Waals surface area contributed by atoms with Crippen LogP contribution in [0.1, 0.15) is 51.1 Å². The second-order valence-electron chi connectivity index (χ2n) is 7.91. The third kappa shape index (κ3) is 5.77. The molecule has 2 aliphatic rings. The molecule has 2 heterocycles. The van der Waals surface area contributed by atoms with Crippen LogP contribution in [0.4, 0.5) is 0 Å². The largest absolute Gasteiger partial charge is 0.377 e. The van der Waals surface area contributed by atoms with Crippen LogP contribution in [0.15, 0.2) is 30.3 Å². The molecule has 3 atom stereocenters. The average molecular weight is 374 g/mol. The van der Waals surface area contributed by atoms with E-state index in [-0.39, 0.29) is 18.0 Å². The van der Waals surface area contributed by atoms with Gasteiger partial charge in [0.05, 0.1) is 18.2 Å². The molecule has 3 unspecified atom stereocenters. The number of carbonyl (C=O) groups is 1. The standard InChI is InChI=1S/C22H35N3O2/c1-3-8-21(19-9-5-4-6-10-19)23-22(26)18(2)25-14-12-24(13-15-25)17-20-11-7-16-27-20/h4-6,9-10,18,20-21H,3,7-8,11-17H2,1-2H3,(H,23,26). The van der Waals surface area contributed by atoms with E-state index in [9.17, 15) is 4.79 Å². The predicted molar refractivity (Wildman–Crippen MR) is 109 cm³/mol. The summed E-state index contributed by atoms with van der Waals surface area (Å²) in [5.41, 5.74) is 1.20. The Kier molecular flexibility index (Phi) is 7.68. The van der Waals surface area contributed by atoms with Crippen molar-refractivity contribution in [2.24, 2.45) is 0 Å². The average Bonchev–Trinajstić information content (AvgIpc) is 3.21. The first-order valence-electron chi connectivity index (χ1n) is 10.6. The molecule has 2 saturated heterocycles. The molecule has 5 nitrogen and oxygen atoms in total. The first kappa shape index (κ1) is 20.3. The molecule has 5 heteroatoms. The van der Waals surface area contributed by atoms with Gasteiger partial charge in [-0.3, -0.25) is 14.6 Å². The SMILES string of the molecule is CCCC(NC(=O)C(C)N1CCN(CC2CCCO2)CC1)c1ccccc1. The Hall–Kier alpha value is -1.43. The van der Waals surface area contributed by atoms with E-state index in [2.05, 4.69) is 34.2 Å². The van der Waals surface area contributed by atoms with Gasteiger partial charge in [-0.15, -0.1) is 0 Å². The van der Waals surface area contributed by atoms with Crippen LogP contribution in [0.2, 0.25) is 0 Å². The van der Waals surface area contributed by atoms with Gasteiger partial charge in [-0.1, -0.05) is 43.7 Å². The number of amides is 1. The first-order chi connectivity index (χ1) is 13.2. The lowest BCUT2D eigenvalue weighted by molar-refractivity contribution is -0.127. The second-order valence-corrected chi connectivity index (χ2v) is 7.91. The molecule has 1 aromatic carbocycles. The second kappa shape index (κ2) is 10.2. The Morgan fingerprint density at radius 2 is 1.96 bits per heavy atom. The first-order valence-corrected chi connectivity index (χ1v) is 10.6. The summed E-state index contributed by atoms with van der Waals surface area (Å²) in [5, 5.41) is 3.29. The summed E-state index contributed by atoms with van der Waals surface area (Å²) < 4.78 is 5.76. The maximum atomic E-state index is 12.9. The van der Waals surface area contributed by atoms with E-state index in [0.717, 1.165) is 52.2 Å². The highest BCUT2D eigenvalue weighted by Gasteiger charge is 2.28. The highest BCUT2D eigenvalue weighted by Crippen LogP contribution is 2.19. The van der Waals surface area contributed by atoms with Crippen LogP contribution in [-0.2, 0) is 9.53 Å². The quantitative estimate of drug-likeness (QED) is 0.761. The van der Waals surface area contributed by atoms with Crippen LogP contribution >= 0.6 is 0 Å². The normalized spacial score (nSPS) is 23.9. The van der Waals surface area contributed by atoms with Crippen molar-refractivity contribution in [1.29, 1.82) is 0 Å². The monoisotopic (exact) mass is 373 g/mol. The molecule has 1 amide bonds. The zero-order chi connectivity index (χ0) is 19.1. The molecule has 1 aromatic rings. The molecular formula is C22H35N3O2. The van der Waals surface area contributed by atoms with Crippen molar-refractivity contribution in [3.05, 3.63) is 35.9 Å². The number of nitrogens with one attached hydrogen (secondary N) is 1. The number of rotatable bonds is 8. The lowest BCUT2D eigenvalue weighted by Gasteiger charge is -2.38. The van der Waals surface area contributed by atoms with Gasteiger partial charge in [0.1, 0.15) is 0 Å². The molecule has 150 valence electrons. The van der Waals surface area contributed by atoms with E-state index < -0.39 is 0 Å². The van der Waals surface area contributed by atoms with E-state index >= 15 is 0 Å². The molecule has 0 aliphatic carbocycles. The van der Waals surface area contributed by atoms with Crippen molar-refractivity contribution in [2.45, 2.75) is 57.7 Å². The van der Waals surface area contributed by atoms with Gasteiger partial charge in [-0.25, -0.2) is 0 Å². The topological polar surface area (TPSA) is 44.8 Å². The van der Waals surface area contributed by atoms with Gasteiger partial charge in [0.15, 0.2) is 0 Å². The van der Waals surface area contributed by atoms with Crippen LogP contribution < -0.4 is 5.32 Å². The molecule has 0 spiro atoms. The van der Waals surface area contributed by atoms with Gasteiger partial charge in [0.2, 0.25) is 5.91 Å². The van der Waals surface area contributed by atoms with Gasteiger partial charge < -0.3 is 10.1 Å². The van der Waals surface area contributed by atoms with Crippen LogP contribution in [0.5, 0.6) is 0 Å².